The van der Waals surface area contributed by atoms with Crippen LogP contribution >= 0.6 is 11.6 Å². The van der Waals surface area contributed by atoms with Crippen LogP contribution in [-0.2, 0) is 0 Å². The largest absolute Gasteiger partial charge is 0.337 e. The van der Waals surface area contributed by atoms with Gasteiger partial charge in [0, 0.05) is 29.9 Å². The zero-order valence-corrected chi connectivity index (χ0v) is 11.5. The van der Waals surface area contributed by atoms with Crippen molar-refractivity contribution in [3.05, 3.63) is 17.5 Å². The van der Waals surface area contributed by atoms with E-state index in [1.54, 1.807) is 0 Å². The van der Waals surface area contributed by atoms with Crippen LogP contribution in [0.5, 0.6) is 0 Å². The van der Waals surface area contributed by atoms with Gasteiger partial charge in [-0.3, -0.25) is 0 Å². The molecule has 1 aliphatic carbocycles. The minimum atomic E-state index is 0.438. The Bertz CT molecular complexity index is 388. The first-order valence-electron chi connectivity index (χ1n) is 6.30. The van der Waals surface area contributed by atoms with Gasteiger partial charge in [0.2, 0.25) is 5.95 Å². The first kappa shape index (κ1) is 12.6. The van der Waals surface area contributed by atoms with Gasteiger partial charge in [0.25, 0.3) is 0 Å². The average molecular weight is 254 g/mol. The maximum Gasteiger partial charge on any atom is 0.226 e. The topological polar surface area (TPSA) is 29.0 Å². The monoisotopic (exact) mass is 253 g/mol. The average Bonchev–Trinajstić information content (AvgIpc) is 3.08. The summed E-state index contributed by atoms with van der Waals surface area (Å²) in [4.78, 5) is 11.5. The fourth-order valence-electron chi connectivity index (χ4n) is 1.92. The standard InChI is InChI=1S/C13H20ClN3/c1-9(2)12-8-10(3)15-13(16-12)17(7-6-14)11-4-5-11/h8-9,11H,4-7H2,1-3H3. The van der Waals surface area contributed by atoms with E-state index in [2.05, 4.69) is 34.8 Å². The predicted molar refractivity (Wildman–Crippen MR) is 71.9 cm³/mol. The number of halogens is 1. The molecule has 1 aromatic rings. The van der Waals surface area contributed by atoms with Crippen molar-refractivity contribution in [3.8, 4) is 0 Å². The molecule has 0 atom stereocenters. The highest BCUT2D eigenvalue weighted by Crippen LogP contribution is 2.30. The van der Waals surface area contributed by atoms with Gasteiger partial charge in [0.15, 0.2) is 0 Å². The second-order valence-electron chi connectivity index (χ2n) is 5.00. The number of aromatic nitrogens is 2. The van der Waals surface area contributed by atoms with E-state index >= 15 is 0 Å². The summed E-state index contributed by atoms with van der Waals surface area (Å²) in [5.74, 6) is 1.93. The quantitative estimate of drug-likeness (QED) is 0.755. The Morgan fingerprint density at radius 1 is 1.41 bits per heavy atom. The lowest BCUT2D eigenvalue weighted by molar-refractivity contribution is 0.752. The maximum atomic E-state index is 5.86. The molecule has 4 heteroatoms. The second kappa shape index (κ2) is 5.21. The predicted octanol–water partition coefficient (Wildman–Crippen LogP) is 3.12. The molecule has 17 heavy (non-hydrogen) atoms. The highest BCUT2D eigenvalue weighted by molar-refractivity contribution is 6.18. The molecule has 1 aliphatic rings. The Balaban J connectivity index is 2.28. The number of hydrogen-bond donors (Lipinski definition) is 0. The number of alkyl halides is 1. The molecule has 0 radical (unpaired) electrons. The molecule has 0 aromatic carbocycles. The highest BCUT2D eigenvalue weighted by atomic mass is 35.5. The Labute approximate surface area is 108 Å². The number of nitrogens with zero attached hydrogens (tertiary/aromatic N) is 3. The van der Waals surface area contributed by atoms with Crippen molar-refractivity contribution in [3.63, 3.8) is 0 Å². The molecule has 0 N–H and O–H groups in total. The van der Waals surface area contributed by atoms with Gasteiger partial charge in [-0.1, -0.05) is 13.8 Å². The molecule has 1 aromatic heterocycles. The fourth-order valence-corrected chi connectivity index (χ4v) is 2.11. The molecule has 2 rings (SSSR count). The summed E-state index contributed by atoms with van der Waals surface area (Å²) in [5.41, 5.74) is 2.16. The summed E-state index contributed by atoms with van der Waals surface area (Å²) >= 11 is 5.86. The summed E-state index contributed by atoms with van der Waals surface area (Å²) in [6, 6.07) is 2.68. The Morgan fingerprint density at radius 3 is 2.65 bits per heavy atom. The fraction of sp³-hybridized carbons (Fsp3) is 0.692. The summed E-state index contributed by atoms with van der Waals surface area (Å²) in [7, 11) is 0. The van der Waals surface area contributed by atoms with Crippen molar-refractivity contribution >= 4 is 17.5 Å². The van der Waals surface area contributed by atoms with Crippen molar-refractivity contribution in [2.45, 2.75) is 45.6 Å². The van der Waals surface area contributed by atoms with Crippen molar-refractivity contribution in [2.24, 2.45) is 0 Å². The Morgan fingerprint density at radius 2 is 2.12 bits per heavy atom. The lowest BCUT2D eigenvalue weighted by Crippen LogP contribution is -2.30. The third-order valence-electron chi connectivity index (χ3n) is 3.02. The SMILES string of the molecule is Cc1cc(C(C)C)nc(N(CCCl)C2CC2)n1. The first-order valence-corrected chi connectivity index (χ1v) is 6.83. The second-order valence-corrected chi connectivity index (χ2v) is 5.38. The summed E-state index contributed by atoms with van der Waals surface area (Å²) in [6.07, 6.45) is 2.48. The third-order valence-corrected chi connectivity index (χ3v) is 3.19. The third kappa shape index (κ3) is 3.09. The molecule has 0 saturated heterocycles. The van der Waals surface area contributed by atoms with Crippen LogP contribution in [0.15, 0.2) is 6.07 Å². The molecular weight excluding hydrogens is 234 g/mol. The van der Waals surface area contributed by atoms with Crippen LogP contribution in [0.3, 0.4) is 0 Å². The van der Waals surface area contributed by atoms with Gasteiger partial charge in [-0.15, -0.1) is 11.6 Å². The summed E-state index contributed by atoms with van der Waals surface area (Å²) in [6.45, 7) is 7.19. The zero-order valence-electron chi connectivity index (χ0n) is 10.8. The number of rotatable bonds is 5. The smallest absolute Gasteiger partial charge is 0.226 e. The van der Waals surface area contributed by atoms with E-state index in [4.69, 9.17) is 11.6 Å². The van der Waals surface area contributed by atoms with E-state index in [1.165, 1.54) is 12.8 Å². The van der Waals surface area contributed by atoms with E-state index in [0.29, 0.717) is 17.8 Å². The molecule has 94 valence electrons. The lowest BCUT2D eigenvalue weighted by atomic mass is 10.1. The van der Waals surface area contributed by atoms with Gasteiger partial charge in [0.05, 0.1) is 0 Å². The van der Waals surface area contributed by atoms with Crippen molar-refractivity contribution in [2.75, 3.05) is 17.3 Å². The number of aryl methyl sites for hydroxylation is 1. The van der Waals surface area contributed by atoms with Gasteiger partial charge >= 0.3 is 0 Å². The summed E-state index contributed by atoms with van der Waals surface area (Å²) in [5, 5.41) is 0. The molecule has 3 nitrogen and oxygen atoms in total. The molecule has 0 spiro atoms. The molecule has 0 aliphatic heterocycles. The van der Waals surface area contributed by atoms with Crippen LogP contribution in [0.2, 0.25) is 0 Å². The van der Waals surface area contributed by atoms with Gasteiger partial charge in [-0.2, -0.15) is 0 Å². The van der Waals surface area contributed by atoms with E-state index in [-0.39, 0.29) is 0 Å². The van der Waals surface area contributed by atoms with E-state index in [1.807, 2.05) is 6.92 Å². The van der Waals surface area contributed by atoms with E-state index in [9.17, 15) is 0 Å². The Kier molecular flexibility index (Phi) is 3.87. The van der Waals surface area contributed by atoms with Crippen molar-refractivity contribution < 1.29 is 0 Å². The Hall–Kier alpha value is -0.830. The minimum Gasteiger partial charge on any atom is -0.337 e. The number of hydrogen-bond acceptors (Lipinski definition) is 3. The van der Waals surface area contributed by atoms with Gasteiger partial charge in [-0.05, 0) is 31.7 Å². The molecule has 1 saturated carbocycles. The highest BCUT2D eigenvalue weighted by Gasteiger charge is 2.30. The molecule has 1 fully saturated rings. The van der Waals surface area contributed by atoms with Gasteiger partial charge in [0.1, 0.15) is 0 Å². The van der Waals surface area contributed by atoms with E-state index in [0.717, 1.165) is 23.9 Å². The number of anilines is 1. The van der Waals surface area contributed by atoms with Gasteiger partial charge in [-0.25, -0.2) is 9.97 Å². The van der Waals surface area contributed by atoms with Crippen LogP contribution in [0, 0.1) is 6.92 Å². The van der Waals surface area contributed by atoms with Crippen molar-refractivity contribution in [1.29, 1.82) is 0 Å². The first-order chi connectivity index (χ1) is 8.11. The summed E-state index contributed by atoms with van der Waals surface area (Å²) < 4.78 is 0. The normalized spacial score (nSPS) is 15.4. The van der Waals surface area contributed by atoms with Crippen LogP contribution < -0.4 is 4.90 Å². The molecule has 0 unspecified atom stereocenters. The van der Waals surface area contributed by atoms with E-state index < -0.39 is 0 Å². The zero-order chi connectivity index (χ0) is 12.4. The minimum absolute atomic E-state index is 0.438. The van der Waals surface area contributed by atoms with Crippen molar-refractivity contribution in [1.82, 2.24) is 9.97 Å². The molecule has 0 bridgehead atoms. The van der Waals surface area contributed by atoms with Crippen LogP contribution in [0.1, 0.15) is 44.0 Å². The molecule has 1 heterocycles. The molecule has 0 amide bonds. The van der Waals surface area contributed by atoms with Crippen LogP contribution in [0.25, 0.3) is 0 Å². The maximum absolute atomic E-state index is 5.86. The van der Waals surface area contributed by atoms with Gasteiger partial charge < -0.3 is 4.90 Å². The van der Waals surface area contributed by atoms with Crippen LogP contribution in [-0.4, -0.2) is 28.4 Å². The van der Waals surface area contributed by atoms with Crippen LogP contribution in [0.4, 0.5) is 5.95 Å². The molecular formula is C13H20ClN3. The lowest BCUT2D eigenvalue weighted by Gasteiger charge is -2.22.